The standard InChI is InChI=1S/C16H25N/c1-4-11(2)17-12(3)16-8-13-5-14(9-16)7-15(6-13)10-16/h1,11-15,17H,5-10H2,2-3H3. The zero-order valence-corrected chi connectivity index (χ0v) is 11.2. The zero-order valence-electron chi connectivity index (χ0n) is 11.2. The van der Waals surface area contributed by atoms with Crippen molar-refractivity contribution in [3.63, 3.8) is 0 Å². The molecule has 1 heteroatoms. The Morgan fingerprint density at radius 2 is 1.53 bits per heavy atom. The second-order valence-electron chi connectivity index (χ2n) is 7.06. The van der Waals surface area contributed by atoms with E-state index >= 15 is 0 Å². The minimum atomic E-state index is 0.220. The summed E-state index contributed by atoms with van der Waals surface area (Å²) in [6, 6.07) is 0.819. The Morgan fingerprint density at radius 1 is 1.06 bits per heavy atom. The molecule has 0 radical (unpaired) electrons. The van der Waals surface area contributed by atoms with Gasteiger partial charge in [0.05, 0.1) is 6.04 Å². The highest BCUT2D eigenvalue weighted by atomic mass is 15.0. The molecule has 0 aliphatic heterocycles. The highest BCUT2D eigenvalue weighted by Crippen LogP contribution is 2.61. The molecule has 1 nitrogen and oxygen atoms in total. The van der Waals surface area contributed by atoms with Crippen LogP contribution in [0.2, 0.25) is 0 Å². The molecule has 0 aromatic rings. The molecule has 0 saturated heterocycles. The SMILES string of the molecule is C#CC(C)NC(C)C12CC3CC(CC(C3)C1)C2. The van der Waals surface area contributed by atoms with Crippen molar-refractivity contribution in [3.05, 3.63) is 0 Å². The van der Waals surface area contributed by atoms with Gasteiger partial charge >= 0.3 is 0 Å². The first-order valence-electron chi connectivity index (χ1n) is 7.33. The Balaban J connectivity index is 1.75. The summed E-state index contributed by atoms with van der Waals surface area (Å²) in [5.41, 5.74) is 0.583. The summed E-state index contributed by atoms with van der Waals surface area (Å²) in [6.45, 7) is 4.48. The first-order valence-corrected chi connectivity index (χ1v) is 7.33. The number of nitrogens with one attached hydrogen (secondary N) is 1. The Morgan fingerprint density at radius 3 is 1.94 bits per heavy atom. The second-order valence-corrected chi connectivity index (χ2v) is 7.06. The maximum absolute atomic E-state index is 5.50. The summed E-state index contributed by atoms with van der Waals surface area (Å²) in [5, 5.41) is 3.65. The molecule has 4 fully saturated rings. The van der Waals surface area contributed by atoms with E-state index in [2.05, 4.69) is 25.1 Å². The van der Waals surface area contributed by atoms with Gasteiger partial charge in [0.1, 0.15) is 0 Å². The zero-order chi connectivity index (χ0) is 12.0. The van der Waals surface area contributed by atoms with E-state index in [0.717, 1.165) is 17.8 Å². The molecule has 0 amide bonds. The van der Waals surface area contributed by atoms with E-state index in [9.17, 15) is 0 Å². The van der Waals surface area contributed by atoms with Crippen molar-refractivity contribution in [3.8, 4) is 12.3 Å². The van der Waals surface area contributed by atoms with E-state index in [1.807, 2.05) is 0 Å². The predicted octanol–water partition coefficient (Wildman–Crippen LogP) is 3.20. The van der Waals surface area contributed by atoms with Gasteiger partial charge in [0, 0.05) is 6.04 Å². The minimum absolute atomic E-state index is 0.220. The van der Waals surface area contributed by atoms with E-state index in [-0.39, 0.29) is 6.04 Å². The third-order valence-corrected chi connectivity index (χ3v) is 5.75. The lowest BCUT2D eigenvalue weighted by Gasteiger charge is -2.59. The van der Waals surface area contributed by atoms with Crippen LogP contribution in [0, 0.1) is 35.5 Å². The largest absolute Gasteiger partial charge is 0.301 e. The summed E-state index contributed by atoms with van der Waals surface area (Å²) >= 11 is 0. The van der Waals surface area contributed by atoms with Crippen molar-refractivity contribution < 1.29 is 0 Å². The number of terminal acetylenes is 1. The van der Waals surface area contributed by atoms with Crippen LogP contribution in [-0.2, 0) is 0 Å². The fraction of sp³-hybridized carbons (Fsp3) is 0.875. The van der Waals surface area contributed by atoms with Crippen LogP contribution in [0.15, 0.2) is 0 Å². The molecule has 1 N–H and O–H groups in total. The molecule has 4 saturated carbocycles. The quantitative estimate of drug-likeness (QED) is 0.736. The highest BCUT2D eigenvalue weighted by Gasteiger charge is 2.53. The van der Waals surface area contributed by atoms with Gasteiger partial charge in [-0.1, -0.05) is 5.92 Å². The van der Waals surface area contributed by atoms with Crippen LogP contribution >= 0.6 is 0 Å². The average molecular weight is 231 g/mol. The molecule has 4 aliphatic carbocycles. The van der Waals surface area contributed by atoms with Crippen LogP contribution < -0.4 is 5.32 Å². The summed E-state index contributed by atoms with van der Waals surface area (Å²) in [7, 11) is 0. The molecule has 4 aliphatic rings. The maximum Gasteiger partial charge on any atom is 0.0660 e. The van der Waals surface area contributed by atoms with Gasteiger partial charge in [-0.25, -0.2) is 0 Å². The topological polar surface area (TPSA) is 12.0 Å². The predicted molar refractivity (Wildman–Crippen MR) is 71.5 cm³/mol. The van der Waals surface area contributed by atoms with Gasteiger partial charge in [-0.2, -0.15) is 0 Å². The second kappa shape index (κ2) is 4.02. The summed E-state index contributed by atoms with van der Waals surface area (Å²) in [4.78, 5) is 0. The number of hydrogen-bond donors (Lipinski definition) is 1. The summed E-state index contributed by atoms with van der Waals surface area (Å²) in [6.07, 6.45) is 14.5. The lowest BCUT2D eigenvalue weighted by atomic mass is 9.48. The van der Waals surface area contributed by atoms with Crippen molar-refractivity contribution in [1.29, 1.82) is 0 Å². The van der Waals surface area contributed by atoms with E-state index in [4.69, 9.17) is 6.42 Å². The van der Waals surface area contributed by atoms with Gasteiger partial charge in [-0.15, -0.1) is 6.42 Å². The van der Waals surface area contributed by atoms with E-state index in [1.165, 1.54) is 38.5 Å². The normalized spacial score (nSPS) is 46.5. The van der Waals surface area contributed by atoms with E-state index in [0.29, 0.717) is 11.5 Å². The maximum atomic E-state index is 5.50. The Kier molecular flexibility index (Phi) is 2.75. The van der Waals surface area contributed by atoms with Gasteiger partial charge < -0.3 is 5.32 Å². The Hall–Kier alpha value is -0.480. The van der Waals surface area contributed by atoms with Gasteiger partial charge in [0.2, 0.25) is 0 Å². The molecule has 4 rings (SSSR count). The lowest BCUT2D eigenvalue weighted by Crippen LogP contribution is -2.56. The smallest absolute Gasteiger partial charge is 0.0660 e. The summed E-state index contributed by atoms with van der Waals surface area (Å²) in [5.74, 6) is 5.92. The van der Waals surface area contributed by atoms with Crippen molar-refractivity contribution in [2.75, 3.05) is 0 Å². The first kappa shape index (κ1) is 11.6. The number of hydrogen-bond acceptors (Lipinski definition) is 1. The molecule has 2 unspecified atom stereocenters. The molecule has 4 bridgehead atoms. The fourth-order valence-corrected chi connectivity index (χ4v) is 5.31. The average Bonchev–Trinajstić information content (AvgIpc) is 2.26. The van der Waals surface area contributed by atoms with Crippen molar-refractivity contribution in [2.24, 2.45) is 23.2 Å². The summed E-state index contributed by atoms with van der Waals surface area (Å²) < 4.78 is 0. The van der Waals surface area contributed by atoms with E-state index in [1.54, 1.807) is 0 Å². The third-order valence-electron chi connectivity index (χ3n) is 5.75. The first-order chi connectivity index (χ1) is 8.11. The molecule has 0 aromatic heterocycles. The molecule has 0 heterocycles. The number of rotatable bonds is 3. The third kappa shape index (κ3) is 1.91. The fourth-order valence-electron chi connectivity index (χ4n) is 5.31. The monoisotopic (exact) mass is 231 g/mol. The molecule has 2 atom stereocenters. The molecule has 0 spiro atoms. The van der Waals surface area contributed by atoms with Crippen molar-refractivity contribution in [1.82, 2.24) is 5.32 Å². The van der Waals surface area contributed by atoms with Gasteiger partial charge in [-0.05, 0) is 75.5 Å². The van der Waals surface area contributed by atoms with E-state index < -0.39 is 0 Å². The molecule has 94 valence electrons. The molecular formula is C16H25N. The van der Waals surface area contributed by atoms with Crippen molar-refractivity contribution in [2.45, 2.75) is 64.5 Å². The molecule has 17 heavy (non-hydrogen) atoms. The molecular weight excluding hydrogens is 206 g/mol. The lowest BCUT2D eigenvalue weighted by molar-refractivity contribution is -0.0710. The Bertz CT molecular complexity index is 303. The van der Waals surface area contributed by atoms with Crippen LogP contribution in [0.5, 0.6) is 0 Å². The minimum Gasteiger partial charge on any atom is -0.301 e. The van der Waals surface area contributed by atoms with Crippen LogP contribution in [0.3, 0.4) is 0 Å². The van der Waals surface area contributed by atoms with Crippen LogP contribution in [0.4, 0.5) is 0 Å². The van der Waals surface area contributed by atoms with Gasteiger partial charge in [0.15, 0.2) is 0 Å². The van der Waals surface area contributed by atoms with Crippen LogP contribution in [0.1, 0.15) is 52.4 Å². The Labute approximate surface area is 106 Å². The van der Waals surface area contributed by atoms with Gasteiger partial charge in [0.25, 0.3) is 0 Å². The molecule has 0 aromatic carbocycles. The highest BCUT2D eigenvalue weighted by molar-refractivity contribution is 5.07. The van der Waals surface area contributed by atoms with Crippen molar-refractivity contribution >= 4 is 0 Å². The van der Waals surface area contributed by atoms with Gasteiger partial charge in [-0.3, -0.25) is 0 Å². The van der Waals surface area contributed by atoms with Crippen LogP contribution in [-0.4, -0.2) is 12.1 Å². The van der Waals surface area contributed by atoms with Crippen LogP contribution in [0.25, 0.3) is 0 Å².